The van der Waals surface area contributed by atoms with Crippen LogP contribution in [0.25, 0.3) is 33.5 Å². The van der Waals surface area contributed by atoms with Gasteiger partial charge in [0.2, 0.25) is 0 Å². The molecule has 5 rings (SSSR count). The van der Waals surface area contributed by atoms with Crippen LogP contribution < -0.4 is 5.32 Å². The van der Waals surface area contributed by atoms with Crippen LogP contribution in [0.1, 0.15) is 11.1 Å². The molecule has 0 bridgehead atoms. The smallest absolute Gasteiger partial charge is 0.338 e. The molecule has 0 atom stereocenters. The zero-order valence-electron chi connectivity index (χ0n) is 16.7. The number of nitrogens with one attached hydrogen (secondary N) is 1. The predicted octanol–water partition coefficient (Wildman–Crippen LogP) is 5.71. The summed E-state index contributed by atoms with van der Waals surface area (Å²) in [7, 11) is 0. The number of fused-ring (bicyclic) bond motifs is 2. The second-order valence-corrected chi connectivity index (χ2v) is 7.21. The molecule has 0 unspecified atom stereocenters. The Morgan fingerprint density at radius 1 is 0.875 bits per heavy atom. The summed E-state index contributed by atoms with van der Waals surface area (Å²) in [4.78, 5) is 21.4. The molecule has 4 heterocycles. The second kappa shape index (κ2) is 7.52. The first kappa shape index (κ1) is 19.8. The zero-order valence-corrected chi connectivity index (χ0v) is 16.7. The zero-order chi connectivity index (χ0) is 22.3. The largest absolute Gasteiger partial charge is 0.418 e. The van der Waals surface area contributed by atoms with Crippen LogP contribution in [-0.2, 0) is 6.18 Å². The number of hydrogen-bond donors (Lipinski definition) is 1. The molecule has 0 fully saturated rings. The summed E-state index contributed by atoms with van der Waals surface area (Å²) < 4.78 is 40.6. The van der Waals surface area contributed by atoms with Gasteiger partial charge in [0.25, 0.3) is 0 Å². The maximum absolute atomic E-state index is 13.5. The minimum Gasteiger partial charge on any atom is -0.338 e. The van der Waals surface area contributed by atoms with Crippen LogP contribution in [0.4, 0.5) is 24.7 Å². The number of alkyl halides is 3. The first-order valence-corrected chi connectivity index (χ1v) is 9.67. The third-order valence-electron chi connectivity index (χ3n) is 4.88. The molecular weight excluding hydrogens is 417 g/mol. The minimum absolute atomic E-state index is 0.00157. The van der Waals surface area contributed by atoms with E-state index in [1.807, 2.05) is 36.4 Å². The van der Waals surface area contributed by atoms with E-state index in [9.17, 15) is 13.2 Å². The second-order valence-electron chi connectivity index (χ2n) is 7.21. The Morgan fingerprint density at radius 2 is 1.72 bits per heavy atom. The Balaban J connectivity index is 1.56. The standard InChI is InChI=1S/C23H15F3N6/c1-13-10-15(23(24,25)26)20(28-11-13)18-12-29-21-17(8-9-27-22(21)32-18)31-19-7-6-14-4-2-3-5-16(14)30-19/h2-12H,1H3,(H,27,30,31,32). The van der Waals surface area contributed by atoms with Crippen LogP contribution in [0.15, 0.2) is 67.1 Å². The van der Waals surface area contributed by atoms with Gasteiger partial charge in [0, 0.05) is 17.8 Å². The molecule has 1 N–H and O–H groups in total. The van der Waals surface area contributed by atoms with Gasteiger partial charge in [-0.3, -0.25) is 4.98 Å². The summed E-state index contributed by atoms with van der Waals surface area (Å²) in [5, 5.41) is 4.20. The lowest BCUT2D eigenvalue weighted by Gasteiger charge is -2.13. The molecule has 5 aromatic rings. The van der Waals surface area contributed by atoms with Crippen molar-refractivity contribution in [2.45, 2.75) is 13.1 Å². The molecule has 0 saturated carbocycles. The summed E-state index contributed by atoms with van der Waals surface area (Å²) in [6, 6.07) is 14.3. The van der Waals surface area contributed by atoms with Crippen LogP contribution in [0.5, 0.6) is 0 Å². The van der Waals surface area contributed by atoms with Crippen LogP contribution in [0.2, 0.25) is 0 Å². The SMILES string of the molecule is Cc1cnc(-c2cnc3c(Nc4ccc5ccccc5n4)ccnc3n2)c(C(F)(F)F)c1. The van der Waals surface area contributed by atoms with E-state index >= 15 is 0 Å². The van der Waals surface area contributed by atoms with Gasteiger partial charge in [0.05, 0.1) is 23.0 Å². The van der Waals surface area contributed by atoms with Gasteiger partial charge in [-0.1, -0.05) is 18.2 Å². The number of anilines is 2. The van der Waals surface area contributed by atoms with E-state index in [4.69, 9.17) is 0 Å². The summed E-state index contributed by atoms with van der Waals surface area (Å²) in [6.07, 6.45) is -0.413. The number of para-hydroxylation sites is 1. The molecule has 32 heavy (non-hydrogen) atoms. The Labute approximate surface area is 180 Å². The monoisotopic (exact) mass is 432 g/mol. The number of pyridine rings is 3. The van der Waals surface area contributed by atoms with Crippen molar-refractivity contribution in [3.8, 4) is 11.4 Å². The van der Waals surface area contributed by atoms with Crippen LogP contribution >= 0.6 is 0 Å². The predicted molar refractivity (Wildman–Crippen MR) is 115 cm³/mol. The first-order valence-electron chi connectivity index (χ1n) is 9.67. The Morgan fingerprint density at radius 3 is 2.56 bits per heavy atom. The van der Waals surface area contributed by atoms with Crippen molar-refractivity contribution in [1.82, 2.24) is 24.9 Å². The highest BCUT2D eigenvalue weighted by Crippen LogP contribution is 2.36. The van der Waals surface area contributed by atoms with Crippen molar-refractivity contribution < 1.29 is 13.2 Å². The van der Waals surface area contributed by atoms with Crippen LogP contribution in [-0.4, -0.2) is 24.9 Å². The molecule has 158 valence electrons. The van der Waals surface area contributed by atoms with E-state index in [1.54, 1.807) is 13.0 Å². The molecule has 0 saturated heterocycles. The molecule has 0 aliphatic rings. The van der Waals surface area contributed by atoms with E-state index in [0.717, 1.165) is 17.0 Å². The molecular formula is C23H15F3N6. The number of benzene rings is 1. The van der Waals surface area contributed by atoms with Crippen molar-refractivity contribution in [3.05, 3.63) is 78.2 Å². The van der Waals surface area contributed by atoms with Gasteiger partial charge in [-0.15, -0.1) is 0 Å². The summed E-state index contributed by atoms with van der Waals surface area (Å²) in [6.45, 7) is 1.55. The van der Waals surface area contributed by atoms with Crippen molar-refractivity contribution in [1.29, 1.82) is 0 Å². The van der Waals surface area contributed by atoms with Gasteiger partial charge in [-0.25, -0.2) is 19.9 Å². The number of halogens is 3. The molecule has 1 aromatic carbocycles. The molecule has 9 heteroatoms. The number of rotatable bonds is 3. The third kappa shape index (κ3) is 3.68. The highest BCUT2D eigenvalue weighted by molar-refractivity contribution is 5.88. The normalized spacial score (nSPS) is 11.8. The van der Waals surface area contributed by atoms with E-state index in [1.165, 1.54) is 18.6 Å². The van der Waals surface area contributed by atoms with E-state index in [-0.39, 0.29) is 17.0 Å². The lowest BCUT2D eigenvalue weighted by atomic mass is 10.1. The van der Waals surface area contributed by atoms with Gasteiger partial charge in [0.1, 0.15) is 22.7 Å². The fourth-order valence-corrected chi connectivity index (χ4v) is 3.40. The van der Waals surface area contributed by atoms with Crippen molar-refractivity contribution in [3.63, 3.8) is 0 Å². The topological polar surface area (TPSA) is 76.5 Å². The molecule has 0 aliphatic carbocycles. The lowest BCUT2D eigenvalue weighted by molar-refractivity contribution is -0.137. The lowest BCUT2D eigenvalue weighted by Crippen LogP contribution is -2.10. The maximum Gasteiger partial charge on any atom is 0.418 e. The summed E-state index contributed by atoms with van der Waals surface area (Å²) in [5.41, 5.74) is 1.28. The molecule has 4 aromatic heterocycles. The maximum atomic E-state index is 13.5. The van der Waals surface area contributed by atoms with E-state index in [2.05, 4.69) is 30.2 Å². The highest BCUT2D eigenvalue weighted by Gasteiger charge is 2.35. The van der Waals surface area contributed by atoms with Crippen LogP contribution in [0.3, 0.4) is 0 Å². The van der Waals surface area contributed by atoms with Crippen molar-refractivity contribution in [2.24, 2.45) is 0 Å². The fraction of sp³-hybridized carbons (Fsp3) is 0.0870. The molecule has 0 spiro atoms. The third-order valence-corrected chi connectivity index (χ3v) is 4.88. The van der Waals surface area contributed by atoms with Gasteiger partial charge in [-0.05, 0) is 42.8 Å². The summed E-state index contributed by atoms with van der Waals surface area (Å²) in [5.74, 6) is 0.599. The first-order chi connectivity index (χ1) is 15.4. The molecule has 0 aliphatic heterocycles. The molecule has 6 nitrogen and oxygen atoms in total. The number of nitrogens with zero attached hydrogens (tertiary/aromatic N) is 5. The average Bonchev–Trinajstić information content (AvgIpc) is 2.78. The van der Waals surface area contributed by atoms with Crippen molar-refractivity contribution >= 4 is 33.6 Å². The van der Waals surface area contributed by atoms with Crippen molar-refractivity contribution in [2.75, 3.05) is 5.32 Å². The molecule has 0 amide bonds. The Kier molecular flexibility index (Phi) is 4.66. The van der Waals surface area contributed by atoms with Gasteiger partial charge < -0.3 is 5.32 Å². The number of aryl methyl sites for hydroxylation is 1. The Bertz CT molecular complexity index is 1470. The Hall–Kier alpha value is -4.14. The number of hydrogen-bond acceptors (Lipinski definition) is 6. The summed E-state index contributed by atoms with van der Waals surface area (Å²) >= 11 is 0. The highest BCUT2D eigenvalue weighted by atomic mass is 19.4. The fourth-order valence-electron chi connectivity index (χ4n) is 3.40. The van der Waals surface area contributed by atoms with E-state index < -0.39 is 11.7 Å². The van der Waals surface area contributed by atoms with Gasteiger partial charge in [-0.2, -0.15) is 13.2 Å². The van der Waals surface area contributed by atoms with Crippen LogP contribution in [0, 0.1) is 6.92 Å². The minimum atomic E-state index is -4.57. The quantitative estimate of drug-likeness (QED) is 0.394. The molecule has 0 radical (unpaired) electrons. The number of aromatic nitrogens is 5. The van der Waals surface area contributed by atoms with E-state index in [0.29, 0.717) is 22.6 Å². The van der Waals surface area contributed by atoms with Gasteiger partial charge >= 0.3 is 6.18 Å². The van der Waals surface area contributed by atoms with Gasteiger partial charge in [0.15, 0.2) is 5.65 Å². The average molecular weight is 432 g/mol.